The Labute approximate surface area is 101 Å². The SMILES string of the molecule is CCCn1cc(C(N)c2cnccc2C)cn1. The predicted molar refractivity (Wildman–Crippen MR) is 67.5 cm³/mol. The van der Waals surface area contributed by atoms with Crippen molar-refractivity contribution in [3.05, 3.63) is 47.5 Å². The van der Waals surface area contributed by atoms with E-state index in [4.69, 9.17) is 5.73 Å². The first-order chi connectivity index (χ1) is 8.22. The smallest absolute Gasteiger partial charge is 0.0600 e. The van der Waals surface area contributed by atoms with Crippen LogP contribution in [0, 0.1) is 6.92 Å². The van der Waals surface area contributed by atoms with Crippen LogP contribution < -0.4 is 5.73 Å². The molecule has 0 aromatic carbocycles. The third-order valence-electron chi connectivity index (χ3n) is 2.88. The number of nitrogens with zero attached hydrogens (tertiary/aromatic N) is 3. The van der Waals surface area contributed by atoms with E-state index in [-0.39, 0.29) is 6.04 Å². The van der Waals surface area contributed by atoms with Crippen molar-refractivity contribution < 1.29 is 0 Å². The summed E-state index contributed by atoms with van der Waals surface area (Å²) in [4.78, 5) is 4.13. The summed E-state index contributed by atoms with van der Waals surface area (Å²) in [5, 5.41) is 4.30. The molecule has 17 heavy (non-hydrogen) atoms. The van der Waals surface area contributed by atoms with Gasteiger partial charge < -0.3 is 5.73 Å². The van der Waals surface area contributed by atoms with Gasteiger partial charge >= 0.3 is 0 Å². The topological polar surface area (TPSA) is 56.7 Å². The van der Waals surface area contributed by atoms with Gasteiger partial charge in [-0.05, 0) is 30.5 Å². The molecule has 1 unspecified atom stereocenters. The van der Waals surface area contributed by atoms with Crippen LogP contribution in [0.5, 0.6) is 0 Å². The Morgan fingerprint density at radius 3 is 2.94 bits per heavy atom. The largest absolute Gasteiger partial charge is 0.320 e. The molecule has 0 aliphatic rings. The highest BCUT2D eigenvalue weighted by atomic mass is 15.3. The minimum atomic E-state index is -0.144. The van der Waals surface area contributed by atoms with Crippen molar-refractivity contribution in [2.45, 2.75) is 32.9 Å². The highest BCUT2D eigenvalue weighted by molar-refractivity contribution is 5.32. The van der Waals surface area contributed by atoms with Gasteiger partial charge in [-0.25, -0.2) is 0 Å². The molecule has 0 amide bonds. The van der Waals surface area contributed by atoms with Crippen molar-refractivity contribution in [2.24, 2.45) is 5.73 Å². The van der Waals surface area contributed by atoms with E-state index in [1.54, 1.807) is 6.20 Å². The lowest BCUT2D eigenvalue weighted by Crippen LogP contribution is -2.13. The molecule has 2 aromatic heterocycles. The molecule has 2 aromatic rings. The zero-order valence-corrected chi connectivity index (χ0v) is 10.3. The van der Waals surface area contributed by atoms with E-state index >= 15 is 0 Å². The average Bonchev–Trinajstić information content (AvgIpc) is 2.78. The molecular formula is C13H18N4. The standard InChI is InChI=1S/C13H18N4/c1-3-6-17-9-11(7-16-17)13(14)12-8-15-5-4-10(12)2/h4-5,7-9,13H,3,6,14H2,1-2H3. The molecule has 1 atom stereocenters. The number of hydrogen-bond donors (Lipinski definition) is 1. The monoisotopic (exact) mass is 230 g/mol. The molecule has 90 valence electrons. The van der Waals surface area contributed by atoms with Gasteiger partial charge in [0.25, 0.3) is 0 Å². The molecule has 0 bridgehead atoms. The summed E-state index contributed by atoms with van der Waals surface area (Å²) in [5.41, 5.74) is 9.49. The molecule has 0 aliphatic carbocycles. The van der Waals surface area contributed by atoms with Gasteiger partial charge in [0.1, 0.15) is 0 Å². The highest BCUT2D eigenvalue weighted by Gasteiger charge is 2.13. The lowest BCUT2D eigenvalue weighted by molar-refractivity contribution is 0.602. The Kier molecular flexibility index (Phi) is 3.54. The Balaban J connectivity index is 2.24. The Morgan fingerprint density at radius 2 is 2.24 bits per heavy atom. The van der Waals surface area contributed by atoms with Crippen LogP contribution in [0.3, 0.4) is 0 Å². The highest BCUT2D eigenvalue weighted by Crippen LogP contribution is 2.21. The fraction of sp³-hybridized carbons (Fsp3) is 0.385. The molecule has 0 radical (unpaired) electrons. The number of aryl methyl sites for hydroxylation is 2. The summed E-state index contributed by atoms with van der Waals surface area (Å²) in [6, 6.07) is 1.83. The first-order valence-electron chi connectivity index (χ1n) is 5.90. The van der Waals surface area contributed by atoms with Crippen molar-refractivity contribution in [3.8, 4) is 0 Å². The third-order valence-corrected chi connectivity index (χ3v) is 2.88. The molecule has 0 saturated heterocycles. The van der Waals surface area contributed by atoms with E-state index in [1.165, 1.54) is 0 Å². The zero-order chi connectivity index (χ0) is 12.3. The fourth-order valence-electron chi connectivity index (χ4n) is 1.87. The molecule has 2 N–H and O–H groups in total. The molecule has 0 aliphatic heterocycles. The molecule has 0 spiro atoms. The van der Waals surface area contributed by atoms with Gasteiger partial charge in [0.2, 0.25) is 0 Å². The molecule has 2 heterocycles. The van der Waals surface area contributed by atoms with Crippen LogP contribution in [0.1, 0.15) is 36.1 Å². The molecule has 4 heteroatoms. The van der Waals surface area contributed by atoms with Crippen LogP contribution in [-0.2, 0) is 6.54 Å². The number of rotatable bonds is 4. The second-order valence-electron chi connectivity index (χ2n) is 4.25. The lowest BCUT2D eigenvalue weighted by Gasteiger charge is -2.11. The Bertz CT molecular complexity index is 490. The van der Waals surface area contributed by atoms with Crippen LogP contribution in [0.2, 0.25) is 0 Å². The van der Waals surface area contributed by atoms with Gasteiger partial charge in [0, 0.05) is 30.7 Å². The zero-order valence-electron chi connectivity index (χ0n) is 10.3. The van der Waals surface area contributed by atoms with E-state index in [0.29, 0.717) is 0 Å². The van der Waals surface area contributed by atoms with Gasteiger partial charge in [-0.15, -0.1) is 0 Å². The summed E-state index contributed by atoms with van der Waals surface area (Å²) in [5.74, 6) is 0. The second kappa shape index (κ2) is 5.10. The van der Waals surface area contributed by atoms with Crippen LogP contribution in [-0.4, -0.2) is 14.8 Å². The van der Waals surface area contributed by atoms with Gasteiger partial charge in [-0.1, -0.05) is 6.92 Å². The third kappa shape index (κ3) is 2.53. The van der Waals surface area contributed by atoms with E-state index in [1.807, 2.05) is 36.3 Å². The quantitative estimate of drug-likeness (QED) is 0.874. The molecule has 0 fully saturated rings. The average molecular weight is 230 g/mol. The van der Waals surface area contributed by atoms with E-state index in [9.17, 15) is 0 Å². The first kappa shape index (κ1) is 11.8. The van der Waals surface area contributed by atoms with E-state index in [0.717, 1.165) is 29.7 Å². The van der Waals surface area contributed by atoms with Crippen LogP contribution in [0.4, 0.5) is 0 Å². The maximum absolute atomic E-state index is 6.23. The summed E-state index contributed by atoms with van der Waals surface area (Å²) in [7, 11) is 0. The number of hydrogen-bond acceptors (Lipinski definition) is 3. The molecule has 2 rings (SSSR count). The van der Waals surface area contributed by atoms with Crippen molar-refractivity contribution in [2.75, 3.05) is 0 Å². The van der Waals surface area contributed by atoms with Crippen LogP contribution in [0.15, 0.2) is 30.9 Å². The van der Waals surface area contributed by atoms with Crippen molar-refractivity contribution >= 4 is 0 Å². The molecule has 0 saturated carbocycles. The Hall–Kier alpha value is -1.68. The van der Waals surface area contributed by atoms with Gasteiger partial charge in [-0.3, -0.25) is 9.67 Å². The summed E-state index contributed by atoms with van der Waals surface area (Å²) in [6.07, 6.45) is 8.54. The summed E-state index contributed by atoms with van der Waals surface area (Å²) >= 11 is 0. The van der Waals surface area contributed by atoms with Crippen molar-refractivity contribution in [1.29, 1.82) is 0 Å². The van der Waals surface area contributed by atoms with E-state index < -0.39 is 0 Å². The summed E-state index contributed by atoms with van der Waals surface area (Å²) < 4.78 is 1.93. The minimum absolute atomic E-state index is 0.144. The van der Waals surface area contributed by atoms with Crippen LogP contribution in [0.25, 0.3) is 0 Å². The van der Waals surface area contributed by atoms with Gasteiger partial charge in [0.05, 0.1) is 12.2 Å². The van der Waals surface area contributed by atoms with Crippen LogP contribution >= 0.6 is 0 Å². The number of nitrogens with two attached hydrogens (primary N) is 1. The van der Waals surface area contributed by atoms with Crippen molar-refractivity contribution in [3.63, 3.8) is 0 Å². The second-order valence-corrected chi connectivity index (χ2v) is 4.25. The maximum Gasteiger partial charge on any atom is 0.0600 e. The van der Waals surface area contributed by atoms with Gasteiger partial charge in [0.15, 0.2) is 0 Å². The summed E-state index contributed by atoms with van der Waals surface area (Å²) in [6.45, 7) is 5.11. The first-order valence-corrected chi connectivity index (χ1v) is 5.90. The maximum atomic E-state index is 6.23. The predicted octanol–water partition coefficient (Wildman–Crippen LogP) is 2.04. The fourth-order valence-corrected chi connectivity index (χ4v) is 1.87. The normalized spacial score (nSPS) is 12.6. The molecule has 4 nitrogen and oxygen atoms in total. The lowest BCUT2D eigenvalue weighted by atomic mass is 10.0. The minimum Gasteiger partial charge on any atom is -0.320 e. The van der Waals surface area contributed by atoms with Crippen molar-refractivity contribution in [1.82, 2.24) is 14.8 Å². The van der Waals surface area contributed by atoms with E-state index in [2.05, 4.69) is 17.0 Å². The number of aromatic nitrogens is 3. The van der Waals surface area contributed by atoms with Gasteiger partial charge in [-0.2, -0.15) is 5.10 Å². The number of pyridine rings is 1. The Morgan fingerprint density at radius 1 is 1.41 bits per heavy atom. The molecular weight excluding hydrogens is 212 g/mol.